The molecule has 0 aliphatic carbocycles. The van der Waals surface area contributed by atoms with Crippen molar-refractivity contribution in [1.82, 2.24) is 19.8 Å². The van der Waals surface area contributed by atoms with Gasteiger partial charge in [0.15, 0.2) is 0 Å². The number of nitrogens with one attached hydrogen (secondary N) is 1. The summed E-state index contributed by atoms with van der Waals surface area (Å²) in [6.07, 6.45) is 1.60. The van der Waals surface area contributed by atoms with Crippen molar-refractivity contribution < 1.29 is 9.18 Å². The summed E-state index contributed by atoms with van der Waals surface area (Å²) in [5.74, 6) is -0.524. The third-order valence-corrected chi connectivity index (χ3v) is 6.31. The van der Waals surface area contributed by atoms with Crippen molar-refractivity contribution in [3.05, 3.63) is 70.5 Å². The molecule has 0 spiro atoms. The van der Waals surface area contributed by atoms with Gasteiger partial charge in [0.25, 0.3) is 5.56 Å². The van der Waals surface area contributed by atoms with Crippen LogP contribution in [0.4, 0.5) is 10.1 Å². The number of aryl methyl sites for hydroxylation is 1. The Hall–Kier alpha value is -3.26. The van der Waals surface area contributed by atoms with Gasteiger partial charge in [0.1, 0.15) is 5.82 Å². The Morgan fingerprint density at radius 2 is 1.91 bits per heavy atom. The zero-order valence-electron chi connectivity index (χ0n) is 19.1. The summed E-state index contributed by atoms with van der Waals surface area (Å²) in [5, 5.41) is 3.50. The van der Waals surface area contributed by atoms with Crippen LogP contribution in [0, 0.1) is 5.82 Å². The maximum atomic E-state index is 14.1. The molecule has 1 saturated heterocycles. The van der Waals surface area contributed by atoms with Gasteiger partial charge < -0.3 is 15.1 Å². The number of carbonyl (C=O) groups is 1. The lowest BCUT2D eigenvalue weighted by atomic mass is 10.0. The number of carbonyl (C=O) groups excluding carboxylic acids is 1. The number of hydrogen-bond acceptors (Lipinski definition) is 5. The van der Waals surface area contributed by atoms with Crippen LogP contribution in [0.25, 0.3) is 10.9 Å². The Labute approximate surface area is 192 Å². The van der Waals surface area contributed by atoms with E-state index in [-0.39, 0.29) is 36.3 Å². The maximum absolute atomic E-state index is 14.1. The van der Waals surface area contributed by atoms with Gasteiger partial charge in [0.2, 0.25) is 5.91 Å². The summed E-state index contributed by atoms with van der Waals surface area (Å²) in [7, 11) is 0. The number of halogens is 1. The van der Waals surface area contributed by atoms with Crippen molar-refractivity contribution in [2.75, 3.05) is 37.6 Å². The van der Waals surface area contributed by atoms with E-state index in [1.807, 2.05) is 13.0 Å². The summed E-state index contributed by atoms with van der Waals surface area (Å²) >= 11 is 0. The van der Waals surface area contributed by atoms with Crippen LogP contribution < -0.4 is 15.8 Å². The average Bonchev–Trinajstić information content (AvgIpc) is 2.84. The summed E-state index contributed by atoms with van der Waals surface area (Å²) in [6.45, 7) is 8.92. The predicted molar refractivity (Wildman–Crippen MR) is 128 cm³/mol. The molecule has 0 bridgehead atoms. The summed E-state index contributed by atoms with van der Waals surface area (Å²) < 4.78 is 15.5. The second-order valence-corrected chi connectivity index (χ2v) is 8.42. The average molecular weight is 452 g/mol. The highest BCUT2D eigenvalue weighted by molar-refractivity contribution is 5.78. The molecule has 2 heterocycles. The number of fused-ring (bicyclic) bond motifs is 1. The molecule has 7 nitrogen and oxygen atoms in total. The second-order valence-electron chi connectivity index (χ2n) is 8.42. The van der Waals surface area contributed by atoms with Gasteiger partial charge in [-0.25, -0.2) is 9.37 Å². The van der Waals surface area contributed by atoms with Crippen LogP contribution in [0.15, 0.2) is 53.6 Å². The first-order valence-electron chi connectivity index (χ1n) is 11.5. The van der Waals surface area contributed by atoms with Gasteiger partial charge in [-0.05, 0) is 43.8 Å². The van der Waals surface area contributed by atoms with Crippen LogP contribution in [0.1, 0.15) is 31.9 Å². The van der Waals surface area contributed by atoms with Gasteiger partial charge in [-0.2, -0.15) is 0 Å². The molecule has 1 unspecified atom stereocenters. The van der Waals surface area contributed by atoms with Crippen LogP contribution in [0.2, 0.25) is 0 Å². The zero-order chi connectivity index (χ0) is 23.4. The molecule has 33 heavy (non-hydrogen) atoms. The SMILES string of the molecule is CCN1CCN(c2ccc(F)cc2C(C)NC(=O)CCn2cnc3ccccc3c2=O)CC1. The fourth-order valence-corrected chi connectivity index (χ4v) is 4.34. The molecule has 1 amide bonds. The van der Waals surface area contributed by atoms with E-state index in [1.165, 1.54) is 23.0 Å². The summed E-state index contributed by atoms with van der Waals surface area (Å²) in [4.78, 5) is 34.2. The standard InChI is InChI=1S/C25H30FN5O2/c1-3-29-12-14-30(15-13-29)23-9-8-19(26)16-21(23)18(2)28-24(32)10-11-31-17-27-22-7-5-4-6-20(22)25(31)33/h4-9,16-18H,3,10-15H2,1-2H3,(H,28,32). The molecule has 1 atom stereocenters. The first kappa shape index (κ1) is 22.9. The Morgan fingerprint density at radius 1 is 1.15 bits per heavy atom. The van der Waals surface area contributed by atoms with E-state index in [4.69, 9.17) is 0 Å². The number of nitrogens with zero attached hydrogens (tertiary/aromatic N) is 4. The third-order valence-electron chi connectivity index (χ3n) is 6.31. The number of para-hydroxylation sites is 1. The minimum atomic E-state index is -0.362. The molecule has 8 heteroatoms. The molecule has 2 aromatic carbocycles. The maximum Gasteiger partial charge on any atom is 0.261 e. The zero-order valence-corrected chi connectivity index (χ0v) is 19.1. The number of anilines is 1. The Morgan fingerprint density at radius 3 is 2.67 bits per heavy atom. The topological polar surface area (TPSA) is 70.5 Å². The largest absolute Gasteiger partial charge is 0.369 e. The number of hydrogen-bond donors (Lipinski definition) is 1. The number of aromatic nitrogens is 2. The summed E-state index contributed by atoms with van der Waals surface area (Å²) in [6, 6.07) is 11.6. The predicted octanol–water partition coefficient (Wildman–Crippen LogP) is 2.95. The lowest BCUT2D eigenvalue weighted by Gasteiger charge is -2.37. The van der Waals surface area contributed by atoms with Gasteiger partial charge in [0.05, 0.1) is 23.3 Å². The monoisotopic (exact) mass is 451 g/mol. The van der Waals surface area contributed by atoms with Crippen molar-refractivity contribution in [3.8, 4) is 0 Å². The Bertz CT molecular complexity index is 1190. The molecule has 174 valence electrons. The third kappa shape index (κ3) is 5.22. The van der Waals surface area contributed by atoms with Gasteiger partial charge in [-0.15, -0.1) is 0 Å². The first-order valence-corrected chi connectivity index (χ1v) is 11.5. The highest BCUT2D eigenvalue weighted by atomic mass is 19.1. The van der Waals surface area contributed by atoms with Gasteiger partial charge in [-0.3, -0.25) is 14.2 Å². The number of rotatable bonds is 7. The molecule has 1 fully saturated rings. The van der Waals surface area contributed by atoms with Crippen LogP contribution in [-0.2, 0) is 11.3 Å². The van der Waals surface area contributed by atoms with Crippen LogP contribution in [0.3, 0.4) is 0 Å². The van der Waals surface area contributed by atoms with E-state index in [1.54, 1.807) is 24.3 Å². The Balaban J connectivity index is 1.42. The quantitative estimate of drug-likeness (QED) is 0.598. The van der Waals surface area contributed by atoms with Crippen molar-refractivity contribution in [1.29, 1.82) is 0 Å². The van der Waals surface area contributed by atoms with E-state index >= 15 is 0 Å². The number of amides is 1. The minimum absolute atomic E-state index is 0.129. The van der Waals surface area contributed by atoms with Crippen LogP contribution >= 0.6 is 0 Å². The molecular formula is C25H30FN5O2. The highest BCUT2D eigenvalue weighted by Gasteiger charge is 2.22. The van der Waals surface area contributed by atoms with Gasteiger partial charge in [-0.1, -0.05) is 19.1 Å². The molecule has 1 N–H and O–H groups in total. The fourth-order valence-electron chi connectivity index (χ4n) is 4.34. The van der Waals surface area contributed by atoms with E-state index < -0.39 is 0 Å². The van der Waals surface area contributed by atoms with E-state index in [0.29, 0.717) is 10.9 Å². The van der Waals surface area contributed by atoms with Gasteiger partial charge >= 0.3 is 0 Å². The molecule has 1 aliphatic rings. The van der Waals surface area contributed by atoms with Crippen molar-refractivity contribution in [2.45, 2.75) is 32.9 Å². The molecule has 1 aliphatic heterocycles. The number of likely N-dealkylation sites (N-methyl/N-ethyl adjacent to an activating group) is 1. The van der Waals surface area contributed by atoms with Crippen molar-refractivity contribution in [3.63, 3.8) is 0 Å². The van der Waals surface area contributed by atoms with Crippen molar-refractivity contribution >= 4 is 22.5 Å². The minimum Gasteiger partial charge on any atom is -0.369 e. The van der Waals surface area contributed by atoms with E-state index in [2.05, 4.69) is 27.0 Å². The van der Waals surface area contributed by atoms with Crippen LogP contribution in [-0.4, -0.2) is 53.1 Å². The fraction of sp³-hybridized carbons (Fsp3) is 0.400. The molecule has 3 aromatic rings. The molecule has 4 rings (SSSR count). The first-order chi connectivity index (χ1) is 16.0. The van der Waals surface area contributed by atoms with E-state index in [0.717, 1.165) is 44.0 Å². The molecule has 0 saturated carbocycles. The lowest BCUT2D eigenvalue weighted by Crippen LogP contribution is -2.46. The van der Waals surface area contributed by atoms with Crippen LogP contribution in [0.5, 0.6) is 0 Å². The normalized spacial score (nSPS) is 15.5. The molecule has 1 aromatic heterocycles. The van der Waals surface area contributed by atoms with Gasteiger partial charge in [0, 0.05) is 50.4 Å². The smallest absolute Gasteiger partial charge is 0.261 e. The molecular weight excluding hydrogens is 421 g/mol. The number of piperazine rings is 1. The Kier molecular flexibility index (Phi) is 7.03. The number of benzene rings is 2. The van der Waals surface area contributed by atoms with Crippen molar-refractivity contribution in [2.24, 2.45) is 0 Å². The van der Waals surface area contributed by atoms with E-state index in [9.17, 15) is 14.0 Å². The summed E-state index contributed by atoms with van der Waals surface area (Å²) in [5.41, 5.74) is 2.18. The molecule has 0 radical (unpaired) electrons. The highest BCUT2D eigenvalue weighted by Crippen LogP contribution is 2.28. The lowest BCUT2D eigenvalue weighted by molar-refractivity contribution is -0.121. The second kappa shape index (κ2) is 10.1.